The van der Waals surface area contributed by atoms with Crippen molar-refractivity contribution in [3.63, 3.8) is 0 Å². The third kappa shape index (κ3) is 4.08. The molecule has 0 saturated carbocycles. The van der Waals surface area contributed by atoms with Crippen LogP contribution in [0.3, 0.4) is 0 Å². The number of nitrogens with zero attached hydrogens (tertiary/aromatic N) is 2. The van der Waals surface area contributed by atoms with E-state index in [0.717, 1.165) is 24.9 Å². The van der Waals surface area contributed by atoms with Crippen molar-refractivity contribution < 1.29 is 4.52 Å². The lowest BCUT2D eigenvalue weighted by molar-refractivity contribution is 0.362. The van der Waals surface area contributed by atoms with Crippen LogP contribution >= 0.6 is 11.8 Å². The molecule has 1 atom stereocenters. The summed E-state index contributed by atoms with van der Waals surface area (Å²) in [5.74, 6) is 1.35. The Morgan fingerprint density at radius 3 is 2.70 bits per heavy atom. The van der Waals surface area contributed by atoms with Crippen LogP contribution in [0.4, 0.5) is 0 Å². The van der Waals surface area contributed by atoms with Crippen molar-refractivity contribution in [1.29, 1.82) is 0 Å². The molecule has 0 saturated heterocycles. The highest BCUT2D eigenvalue weighted by atomic mass is 32.2. The van der Waals surface area contributed by atoms with Gasteiger partial charge in [0.15, 0.2) is 0 Å². The van der Waals surface area contributed by atoms with Gasteiger partial charge in [-0.25, -0.2) is 0 Å². The number of rotatable bonds is 7. The van der Waals surface area contributed by atoms with Crippen molar-refractivity contribution in [2.75, 3.05) is 12.8 Å². The van der Waals surface area contributed by atoms with Gasteiger partial charge in [-0.1, -0.05) is 12.1 Å². The van der Waals surface area contributed by atoms with Gasteiger partial charge in [0.2, 0.25) is 11.7 Å². The van der Waals surface area contributed by atoms with Gasteiger partial charge in [0.1, 0.15) is 0 Å². The molecule has 0 fully saturated rings. The summed E-state index contributed by atoms with van der Waals surface area (Å²) in [5, 5.41) is 7.47. The van der Waals surface area contributed by atoms with E-state index in [1.807, 2.05) is 12.1 Å². The summed E-state index contributed by atoms with van der Waals surface area (Å²) < 4.78 is 5.32. The molecule has 0 aliphatic carbocycles. The van der Waals surface area contributed by atoms with Crippen LogP contribution in [0, 0.1) is 0 Å². The van der Waals surface area contributed by atoms with Crippen molar-refractivity contribution in [3.05, 3.63) is 30.2 Å². The average molecular weight is 291 g/mol. The Labute approximate surface area is 124 Å². The van der Waals surface area contributed by atoms with Crippen LogP contribution in [-0.2, 0) is 6.42 Å². The quantitative estimate of drug-likeness (QED) is 0.792. The SMILES string of the molecule is CCCNC(C)Cc1nc(-c2ccc(SC)cc2)no1. The van der Waals surface area contributed by atoms with E-state index in [2.05, 4.69) is 47.7 Å². The summed E-state index contributed by atoms with van der Waals surface area (Å²) in [6.45, 7) is 5.30. The molecular formula is C15H21N3OS. The first-order valence-corrected chi connectivity index (χ1v) is 8.15. The molecule has 0 aliphatic rings. The molecule has 0 radical (unpaired) electrons. The summed E-state index contributed by atoms with van der Waals surface area (Å²) in [6.07, 6.45) is 3.95. The molecular weight excluding hydrogens is 270 g/mol. The molecule has 0 amide bonds. The highest BCUT2D eigenvalue weighted by Gasteiger charge is 2.11. The maximum atomic E-state index is 5.32. The summed E-state index contributed by atoms with van der Waals surface area (Å²) in [5.41, 5.74) is 0.993. The monoisotopic (exact) mass is 291 g/mol. The molecule has 1 unspecified atom stereocenters. The van der Waals surface area contributed by atoms with Crippen LogP contribution in [0.1, 0.15) is 26.2 Å². The number of hydrogen-bond donors (Lipinski definition) is 1. The highest BCUT2D eigenvalue weighted by molar-refractivity contribution is 7.98. The van der Waals surface area contributed by atoms with Gasteiger partial charge in [0, 0.05) is 22.9 Å². The highest BCUT2D eigenvalue weighted by Crippen LogP contribution is 2.21. The molecule has 1 aromatic carbocycles. The first-order valence-electron chi connectivity index (χ1n) is 6.93. The summed E-state index contributed by atoms with van der Waals surface area (Å²) in [6, 6.07) is 8.54. The standard InChI is InChI=1S/C15H21N3OS/c1-4-9-16-11(2)10-14-17-15(18-19-14)12-5-7-13(20-3)8-6-12/h5-8,11,16H,4,9-10H2,1-3H3. The summed E-state index contributed by atoms with van der Waals surface area (Å²) >= 11 is 1.72. The normalized spacial score (nSPS) is 12.6. The minimum absolute atomic E-state index is 0.349. The molecule has 2 aromatic rings. The van der Waals surface area contributed by atoms with E-state index < -0.39 is 0 Å². The van der Waals surface area contributed by atoms with Crippen LogP contribution in [0.15, 0.2) is 33.7 Å². The van der Waals surface area contributed by atoms with E-state index in [-0.39, 0.29) is 0 Å². The van der Waals surface area contributed by atoms with Crippen molar-refractivity contribution >= 4 is 11.8 Å². The molecule has 5 heteroatoms. The Kier molecular flexibility index (Phi) is 5.61. The van der Waals surface area contributed by atoms with Gasteiger partial charge in [0.05, 0.1) is 0 Å². The Hall–Kier alpha value is -1.33. The Morgan fingerprint density at radius 1 is 1.30 bits per heavy atom. The number of hydrogen-bond acceptors (Lipinski definition) is 5. The van der Waals surface area contributed by atoms with Crippen molar-refractivity contribution in [2.45, 2.75) is 37.6 Å². The Bertz CT molecular complexity index is 524. The van der Waals surface area contributed by atoms with Crippen LogP contribution in [0.2, 0.25) is 0 Å². The second kappa shape index (κ2) is 7.45. The first kappa shape index (κ1) is 15.1. The zero-order valence-corrected chi connectivity index (χ0v) is 13.0. The van der Waals surface area contributed by atoms with Crippen LogP contribution in [0.25, 0.3) is 11.4 Å². The zero-order chi connectivity index (χ0) is 14.4. The number of benzene rings is 1. The van der Waals surface area contributed by atoms with Crippen molar-refractivity contribution in [1.82, 2.24) is 15.5 Å². The Balaban J connectivity index is 2.00. The minimum Gasteiger partial charge on any atom is -0.339 e. The third-order valence-electron chi connectivity index (χ3n) is 3.04. The fourth-order valence-corrected chi connectivity index (χ4v) is 2.33. The molecule has 2 rings (SSSR count). The smallest absolute Gasteiger partial charge is 0.228 e. The van der Waals surface area contributed by atoms with Crippen molar-refractivity contribution in [2.24, 2.45) is 0 Å². The number of thioether (sulfide) groups is 1. The predicted molar refractivity (Wildman–Crippen MR) is 83.0 cm³/mol. The second-order valence-corrected chi connectivity index (χ2v) is 5.68. The van der Waals surface area contributed by atoms with Crippen LogP contribution < -0.4 is 5.32 Å². The maximum absolute atomic E-state index is 5.32. The second-order valence-electron chi connectivity index (χ2n) is 4.80. The molecule has 1 N–H and O–H groups in total. The maximum Gasteiger partial charge on any atom is 0.228 e. The van der Waals surface area contributed by atoms with E-state index in [1.165, 1.54) is 4.90 Å². The van der Waals surface area contributed by atoms with Gasteiger partial charge in [-0.3, -0.25) is 0 Å². The van der Waals surface area contributed by atoms with E-state index in [9.17, 15) is 0 Å². The third-order valence-corrected chi connectivity index (χ3v) is 3.78. The zero-order valence-electron chi connectivity index (χ0n) is 12.2. The number of aromatic nitrogens is 2. The van der Waals surface area contributed by atoms with Crippen LogP contribution in [0.5, 0.6) is 0 Å². The lowest BCUT2D eigenvalue weighted by Crippen LogP contribution is -2.28. The van der Waals surface area contributed by atoms with E-state index >= 15 is 0 Å². The molecule has 4 nitrogen and oxygen atoms in total. The summed E-state index contributed by atoms with van der Waals surface area (Å²) in [4.78, 5) is 5.69. The molecule has 0 spiro atoms. The molecule has 0 bridgehead atoms. The van der Waals surface area contributed by atoms with Gasteiger partial charge < -0.3 is 9.84 Å². The lowest BCUT2D eigenvalue weighted by atomic mass is 10.2. The fourth-order valence-electron chi connectivity index (χ4n) is 1.92. The average Bonchev–Trinajstić information content (AvgIpc) is 2.93. The molecule has 1 heterocycles. The van der Waals surface area contributed by atoms with Gasteiger partial charge in [-0.2, -0.15) is 4.98 Å². The van der Waals surface area contributed by atoms with E-state index in [1.54, 1.807) is 11.8 Å². The predicted octanol–water partition coefficient (Wildman–Crippen LogP) is 3.39. The molecule has 0 aliphatic heterocycles. The van der Waals surface area contributed by atoms with Gasteiger partial charge in [-0.05, 0) is 50.4 Å². The Morgan fingerprint density at radius 2 is 2.05 bits per heavy atom. The number of nitrogens with one attached hydrogen (secondary N) is 1. The largest absolute Gasteiger partial charge is 0.339 e. The minimum atomic E-state index is 0.349. The van der Waals surface area contributed by atoms with Gasteiger partial charge in [0.25, 0.3) is 0 Å². The summed E-state index contributed by atoms with van der Waals surface area (Å²) in [7, 11) is 0. The molecule has 108 valence electrons. The van der Waals surface area contributed by atoms with Gasteiger partial charge in [-0.15, -0.1) is 11.8 Å². The van der Waals surface area contributed by atoms with Gasteiger partial charge >= 0.3 is 0 Å². The van der Waals surface area contributed by atoms with Crippen molar-refractivity contribution in [3.8, 4) is 11.4 Å². The van der Waals surface area contributed by atoms with E-state index in [0.29, 0.717) is 17.8 Å². The lowest BCUT2D eigenvalue weighted by Gasteiger charge is -2.09. The molecule has 20 heavy (non-hydrogen) atoms. The first-order chi connectivity index (χ1) is 9.72. The molecule has 1 aromatic heterocycles. The topological polar surface area (TPSA) is 51.0 Å². The van der Waals surface area contributed by atoms with E-state index in [4.69, 9.17) is 4.52 Å². The van der Waals surface area contributed by atoms with Crippen LogP contribution in [-0.4, -0.2) is 29.0 Å². The fraction of sp³-hybridized carbons (Fsp3) is 0.467.